The Morgan fingerprint density at radius 3 is 1.03 bits per heavy atom. The maximum atomic E-state index is 3.57. The molecular weight excluding hydrogens is 452 g/mol. The van der Waals surface area contributed by atoms with E-state index in [1.54, 1.807) is 0 Å². The predicted molar refractivity (Wildman–Crippen MR) is 90.1 cm³/mol. The van der Waals surface area contributed by atoms with Gasteiger partial charge < -0.3 is 52.9 Å². The zero-order chi connectivity index (χ0) is 13.6. The van der Waals surface area contributed by atoms with E-state index in [-0.39, 0.29) is 60.9 Å². The van der Waals surface area contributed by atoms with Gasteiger partial charge in [0.1, 0.15) is 11.9 Å². The van der Waals surface area contributed by atoms with Gasteiger partial charge in [-0.1, -0.05) is 0 Å². The Labute approximate surface area is 169 Å². The van der Waals surface area contributed by atoms with Crippen LogP contribution in [-0.2, 0) is 39.0 Å². The van der Waals surface area contributed by atoms with Gasteiger partial charge in [0.05, 0.1) is 25.3 Å². The van der Waals surface area contributed by atoms with Gasteiger partial charge in [-0.05, 0) is 0 Å². The van der Waals surface area contributed by atoms with Crippen molar-refractivity contribution in [2.24, 2.45) is 0 Å². The summed E-state index contributed by atoms with van der Waals surface area (Å²) >= 11 is 0. The number of hydrogen-bond acceptors (Lipinski definition) is 10. The predicted octanol–water partition coefficient (Wildman–Crippen LogP) is -10.2. The first-order chi connectivity index (χ1) is 9.93. The van der Waals surface area contributed by atoms with Crippen molar-refractivity contribution in [1.29, 1.82) is 0 Å². The Morgan fingerprint density at radius 1 is 0.552 bits per heavy atom. The molecule has 0 spiro atoms. The normalized spacial score (nSPS) is 6.90. The second-order valence-corrected chi connectivity index (χ2v) is 3.10. The van der Waals surface area contributed by atoms with E-state index in [1.165, 1.54) is 34.4 Å². The van der Waals surface area contributed by atoms with E-state index >= 15 is 0 Å². The number of aromatic nitrogens is 14. The minimum absolute atomic E-state index is 0. The average Bonchev–Trinajstić information content (AvgIpc) is 3.29. The number of hydrogen-bond donors (Lipinski definition) is 0. The molecule has 0 aliphatic rings. The Kier molecular flexibility index (Phi) is 35.0. The molecule has 23 heteroatoms. The first kappa shape index (κ1) is 44.8. The van der Waals surface area contributed by atoms with Crippen LogP contribution in [0.5, 0.6) is 0 Å². The first-order valence-electron chi connectivity index (χ1n) is 5.01. The smallest absolute Gasteiger partial charge is 0.457 e. The fourth-order valence-electron chi connectivity index (χ4n) is 1.09. The van der Waals surface area contributed by atoms with Crippen molar-refractivity contribution in [3.63, 3.8) is 0 Å². The minimum Gasteiger partial charge on any atom is -0.457 e. The molecule has 0 amide bonds. The van der Waals surface area contributed by atoms with Gasteiger partial charge in [0.2, 0.25) is 0 Å². The molecule has 29 heavy (non-hydrogen) atoms. The average molecular weight is 476 g/mol. The zero-order valence-electron chi connectivity index (χ0n) is 14.2. The molecule has 4 aromatic rings. The van der Waals surface area contributed by atoms with Crippen LogP contribution in [0.4, 0.5) is 0 Å². The molecule has 0 aromatic carbocycles. The van der Waals surface area contributed by atoms with Crippen molar-refractivity contribution in [2.75, 3.05) is 0 Å². The minimum atomic E-state index is 0. The Morgan fingerprint density at radius 2 is 0.828 bits per heavy atom. The number of nitrogens with zero attached hydrogens (tertiary/aromatic N) is 14. The molecule has 0 saturated heterocycles. The van der Waals surface area contributed by atoms with Crippen molar-refractivity contribution >= 4 is 0 Å². The van der Waals surface area contributed by atoms with Crippen LogP contribution in [0.25, 0.3) is 11.9 Å². The summed E-state index contributed by atoms with van der Waals surface area (Å²) in [5.74, 6) is 0.759. The summed E-state index contributed by atoms with van der Waals surface area (Å²) in [5.41, 5.74) is 0. The van der Waals surface area contributed by atoms with Gasteiger partial charge in [0.15, 0.2) is 0 Å². The summed E-state index contributed by atoms with van der Waals surface area (Å²) in [6.45, 7) is 0. The van der Waals surface area contributed by atoms with E-state index in [4.69, 9.17) is 0 Å². The Bertz CT molecular complexity index is 591. The van der Waals surface area contributed by atoms with E-state index < -0.39 is 0 Å². The van der Waals surface area contributed by atoms with Crippen LogP contribution in [0.2, 0.25) is 0 Å². The first-order valence-corrected chi connectivity index (χ1v) is 5.01. The van der Waals surface area contributed by atoms with Crippen LogP contribution in [-0.4, -0.2) is 82.5 Å². The standard InChI is InChI=1S/2C3H2N7.Fe.8H2O/c2*1-4-5-2-10(1)3-6-8-9-7-3;;;;;;;;;/h2*1-2H;;8*1H2/q2*-1;+2;;;;;;;;/p+4. The molecule has 0 fully saturated rings. The van der Waals surface area contributed by atoms with Crippen molar-refractivity contribution < 1.29 is 60.9 Å². The topological polar surface area (TPSA) is 425 Å². The molecule has 22 nitrogen and oxygen atoms in total. The quantitative estimate of drug-likeness (QED) is 0.192. The number of tetrazole rings is 2. The molecule has 0 saturated carbocycles. The maximum absolute atomic E-state index is 3.57. The van der Waals surface area contributed by atoms with Crippen LogP contribution >= 0.6 is 0 Å². The zero-order valence-corrected chi connectivity index (χ0v) is 15.3. The third kappa shape index (κ3) is 11.8. The van der Waals surface area contributed by atoms with Crippen LogP contribution < -0.4 is 10.2 Å². The van der Waals surface area contributed by atoms with Crippen LogP contribution in [0, 0.1) is 0 Å². The van der Waals surface area contributed by atoms with Gasteiger partial charge in [-0.25, -0.2) is 10.2 Å². The van der Waals surface area contributed by atoms with Crippen molar-refractivity contribution in [3.05, 3.63) is 25.3 Å². The van der Waals surface area contributed by atoms with Crippen LogP contribution in [0.1, 0.15) is 0 Å². The maximum Gasteiger partial charge on any atom is 2.00 e. The van der Waals surface area contributed by atoms with Crippen LogP contribution in [0.15, 0.2) is 25.3 Å². The van der Waals surface area contributed by atoms with Gasteiger partial charge in [-0.2, -0.15) is 30.8 Å². The summed E-state index contributed by atoms with van der Waals surface area (Å²) < 4.78 is 3.03. The summed E-state index contributed by atoms with van der Waals surface area (Å²) in [4.78, 5) is 0. The van der Waals surface area contributed by atoms with Crippen molar-refractivity contribution in [3.8, 4) is 11.9 Å². The summed E-state index contributed by atoms with van der Waals surface area (Å²) in [6.07, 6.45) is 5.88. The molecule has 0 bridgehead atoms. The second-order valence-electron chi connectivity index (χ2n) is 3.10. The second kappa shape index (κ2) is 22.7. The SMILES string of the molecule is O.O.O.O.[Fe+2].[OH3+].[OH3+].[OH3+].[OH3+].c1nncn1-c1nnn[n-]1.c1nncn1-c1nnn[n-]1. The Balaban J connectivity index is -0.0000000509. The van der Waals surface area contributed by atoms with Crippen molar-refractivity contribution in [1.82, 2.24) is 70.8 Å². The molecule has 4 aromatic heterocycles. The summed E-state index contributed by atoms with van der Waals surface area (Å²) in [7, 11) is 0. The monoisotopic (exact) mass is 476 g/mol. The summed E-state index contributed by atoms with van der Waals surface area (Å²) in [6, 6.07) is 0. The fraction of sp³-hybridized carbons (Fsp3) is 0. The van der Waals surface area contributed by atoms with Crippen LogP contribution in [0.3, 0.4) is 0 Å². The molecule has 20 N–H and O–H groups in total. The van der Waals surface area contributed by atoms with E-state index in [9.17, 15) is 0 Å². The third-order valence-electron chi connectivity index (χ3n) is 1.92. The van der Waals surface area contributed by atoms with E-state index in [0.717, 1.165) is 0 Å². The molecule has 0 aliphatic carbocycles. The van der Waals surface area contributed by atoms with Gasteiger partial charge >= 0.3 is 17.1 Å². The fourth-order valence-corrected chi connectivity index (χ4v) is 1.09. The third-order valence-corrected chi connectivity index (χ3v) is 1.92. The van der Waals surface area contributed by atoms with Gasteiger partial charge in [-0.3, -0.25) is 10.2 Å². The van der Waals surface area contributed by atoms with Gasteiger partial charge in [0, 0.05) is 0 Å². The van der Waals surface area contributed by atoms with E-state index in [0.29, 0.717) is 11.9 Å². The molecular formula is C6H24FeN14O8+4. The molecule has 0 radical (unpaired) electrons. The summed E-state index contributed by atoms with van der Waals surface area (Å²) in [5, 5.41) is 41.7. The largest absolute Gasteiger partial charge is 2.00 e. The molecule has 0 atom stereocenters. The Hall–Kier alpha value is -3.38. The van der Waals surface area contributed by atoms with Gasteiger partial charge in [0.25, 0.3) is 0 Å². The molecule has 0 aliphatic heterocycles. The van der Waals surface area contributed by atoms with Crippen molar-refractivity contribution in [2.45, 2.75) is 0 Å². The molecule has 4 rings (SSSR count). The number of rotatable bonds is 2. The van der Waals surface area contributed by atoms with E-state index in [2.05, 4.69) is 61.6 Å². The molecule has 4 heterocycles. The van der Waals surface area contributed by atoms with Gasteiger partial charge in [-0.15, -0.1) is 10.4 Å². The molecule has 170 valence electrons. The molecule has 0 unspecified atom stereocenters. The van der Waals surface area contributed by atoms with E-state index in [1.807, 2.05) is 0 Å².